The fourth-order valence-corrected chi connectivity index (χ4v) is 4.80. The molecule has 1 unspecified atom stereocenters. The number of ether oxygens (including phenoxy) is 2. The summed E-state index contributed by atoms with van der Waals surface area (Å²) in [7, 11) is 0. The van der Waals surface area contributed by atoms with Crippen molar-refractivity contribution in [2.45, 2.75) is 174 Å². The van der Waals surface area contributed by atoms with Crippen LogP contribution in [-0.2, 0) is 19.1 Å². The third-order valence-electron chi connectivity index (χ3n) is 7.45. The molecule has 5 nitrogen and oxygen atoms in total. The fraction of sp³-hybridized carbons (Fsp3) is 0.784. The van der Waals surface area contributed by atoms with Crippen molar-refractivity contribution >= 4 is 11.9 Å². The third kappa shape index (κ3) is 31.1. The smallest absolute Gasteiger partial charge is 0.306 e. The van der Waals surface area contributed by atoms with Crippen LogP contribution < -0.4 is 0 Å². The monoisotopic (exact) mass is 590 g/mol. The number of hydrogen-bond donors (Lipinski definition) is 1. The fourth-order valence-electron chi connectivity index (χ4n) is 4.80. The van der Waals surface area contributed by atoms with Gasteiger partial charge in [-0.25, -0.2) is 0 Å². The van der Waals surface area contributed by atoms with Crippen molar-refractivity contribution in [3.63, 3.8) is 0 Å². The second-order valence-electron chi connectivity index (χ2n) is 11.6. The van der Waals surface area contributed by atoms with Crippen LogP contribution in [0, 0.1) is 0 Å². The number of hydrogen-bond acceptors (Lipinski definition) is 5. The Morgan fingerprint density at radius 3 is 1.55 bits per heavy atom. The van der Waals surface area contributed by atoms with Gasteiger partial charge >= 0.3 is 11.9 Å². The van der Waals surface area contributed by atoms with Crippen LogP contribution in [0.2, 0.25) is 0 Å². The zero-order chi connectivity index (χ0) is 30.8. The molecule has 0 aromatic heterocycles. The van der Waals surface area contributed by atoms with Gasteiger partial charge in [-0.3, -0.25) is 9.59 Å². The molecular weight excluding hydrogens is 524 g/mol. The Bertz CT molecular complexity index is 682. The minimum atomic E-state index is -0.773. The van der Waals surface area contributed by atoms with Crippen molar-refractivity contribution in [1.82, 2.24) is 0 Å². The average molecular weight is 591 g/mol. The Morgan fingerprint density at radius 1 is 0.571 bits per heavy atom. The molecule has 1 N–H and O–H groups in total. The van der Waals surface area contributed by atoms with Gasteiger partial charge in [0, 0.05) is 12.8 Å². The van der Waals surface area contributed by atoms with E-state index in [1.165, 1.54) is 77.0 Å². The zero-order valence-electron chi connectivity index (χ0n) is 27.5. The topological polar surface area (TPSA) is 72.8 Å². The molecule has 0 saturated carbocycles. The van der Waals surface area contributed by atoms with Gasteiger partial charge in [-0.15, -0.1) is 0 Å². The molecule has 0 bridgehead atoms. The molecule has 0 heterocycles. The summed E-state index contributed by atoms with van der Waals surface area (Å²) in [6.07, 6.45) is 39.1. The van der Waals surface area contributed by atoms with Crippen LogP contribution in [-0.4, -0.2) is 36.4 Å². The number of allylic oxidation sites excluding steroid dienone is 6. The second kappa shape index (κ2) is 33.6. The molecular formula is C37H66O5. The normalized spacial score (nSPS) is 12.5. The van der Waals surface area contributed by atoms with Gasteiger partial charge in [0.2, 0.25) is 0 Å². The molecule has 42 heavy (non-hydrogen) atoms. The number of carbonyl (C=O) groups excluding carboxylic acids is 2. The minimum absolute atomic E-state index is 0.0728. The molecule has 0 aromatic rings. The maximum absolute atomic E-state index is 12.1. The first-order valence-corrected chi connectivity index (χ1v) is 17.5. The molecule has 0 rings (SSSR count). The van der Waals surface area contributed by atoms with E-state index >= 15 is 0 Å². The number of rotatable bonds is 31. The van der Waals surface area contributed by atoms with Crippen molar-refractivity contribution in [1.29, 1.82) is 0 Å². The van der Waals surface area contributed by atoms with Crippen molar-refractivity contribution < 1.29 is 24.2 Å². The molecule has 0 aliphatic heterocycles. The summed E-state index contributed by atoms with van der Waals surface area (Å²) in [6, 6.07) is 0. The van der Waals surface area contributed by atoms with Gasteiger partial charge in [0.15, 0.2) is 6.10 Å². The largest absolute Gasteiger partial charge is 0.462 e. The van der Waals surface area contributed by atoms with E-state index in [2.05, 4.69) is 50.3 Å². The highest BCUT2D eigenvalue weighted by Gasteiger charge is 2.16. The van der Waals surface area contributed by atoms with Crippen LogP contribution in [0.15, 0.2) is 36.5 Å². The molecule has 0 fully saturated rings. The Morgan fingerprint density at radius 2 is 1.02 bits per heavy atom. The standard InChI is InChI=1S/C37H66O5/c1-3-5-7-9-11-13-15-17-18-20-21-23-25-27-29-31-36(39)41-34-35(33-38)42-37(40)32-30-28-26-24-22-19-16-14-12-10-8-6-4-2/h5,7,11,13,17-18,35,38H,3-4,6,8-10,12,14-16,19-34H2,1-2H3. The van der Waals surface area contributed by atoms with E-state index in [-0.39, 0.29) is 25.2 Å². The van der Waals surface area contributed by atoms with Crippen LogP contribution in [0.5, 0.6) is 0 Å². The van der Waals surface area contributed by atoms with Crippen molar-refractivity contribution in [3.05, 3.63) is 36.5 Å². The van der Waals surface area contributed by atoms with Crippen LogP contribution in [0.4, 0.5) is 0 Å². The first kappa shape index (κ1) is 40.1. The SMILES string of the molecule is CCC=CCC=CCC=CCCCCCCCC(=O)OCC(CO)OC(=O)CCCCCCCCCCCCCCC. The first-order chi connectivity index (χ1) is 20.6. The lowest BCUT2D eigenvalue weighted by atomic mass is 10.0. The van der Waals surface area contributed by atoms with E-state index in [0.717, 1.165) is 64.2 Å². The van der Waals surface area contributed by atoms with E-state index < -0.39 is 6.10 Å². The quantitative estimate of drug-likeness (QED) is 0.0494. The van der Waals surface area contributed by atoms with Crippen LogP contribution in [0.1, 0.15) is 168 Å². The maximum Gasteiger partial charge on any atom is 0.306 e. The van der Waals surface area contributed by atoms with Gasteiger partial charge in [-0.2, -0.15) is 0 Å². The molecule has 0 aromatic carbocycles. The molecule has 0 aliphatic carbocycles. The summed E-state index contributed by atoms with van der Waals surface area (Å²) in [5.74, 6) is -0.610. The zero-order valence-corrected chi connectivity index (χ0v) is 27.5. The average Bonchev–Trinajstić information content (AvgIpc) is 2.99. The molecule has 0 saturated heterocycles. The predicted molar refractivity (Wildman–Crippen MR) is 178 cm³/mol. The van der Waals surface area contributed by atoms with Crippen molar-refractivity contribution in [3.8, 4) is 0 Å². The van der Waals surface area contributed by atoms with Crippen molar-refractivity contribution in [2.75, 3.05) is 13.2 Å². The number of unbranched alkanes of at least 4 members (excludes halogenated alkanes) is 17. The number of aliphatic hydroxyl groups is 1. The molecule has 1 atom stereocenters. The minimum Gasteiger partial charge on any atom is -0.462 e. The van der Waals surface area contributed by atoms with Crippen molar-refractivity contribution in [2.24, 2.45) is 0 Å². The van der Waals surface area contributed by atoms with Gasteiger partial charge in [-0.05, 0) is 44.9 Å². The van der Waals surface area contributed by atoms with Gasteiger partial charge in [0.25, 0.3) is 0 Å². The summed E-state index contributed by atoms with van der Waals surface area (Å²) >= 11 is 0. The second-order valence-corrected chi connectivity index (χ2v) is 11.6. The summed E-state index contributed by atoms with van der Waals surface area (Å²) in [6.45, 7) is 4.00. The summed E-state index contributed by atoms with van der Waals surface area (Å²) in [5, 5.41) is 9.51. The predicted octanol–water partition coefficient (Wildman–Crippen LogP) is 10.5. The lowest BCUT2D eigenvalue weighted by Crippen LogP contribution is -2.28. The molecule has 5 heteroatoms. The Labute approximate surface area is 259 Å². The molecule has 244 valence electrons. The highest BCUT2D eigenvalue weighted by Crippen LogP contribution is 2.14. The highest BCUT2D eigenvalue weighted by molar-refractivity contribution is 5.70. The number of carbonyl (C=O) groups is 2. The maximum atomic E-state index is 12.1. The Hall–Kier alpha value is -1.88. The summed E-state index contributed by atoms with van der Waals surface area (Å²) in [5.41, 5.74) is 0. The van der Waals surface area contributed by atoms with Crippen LogP contribution in [0.25, 0.3) is 0 Å². The van der Waals surface area contributed by atoms with Gasteiger partial charge in [-0.1, -0.05) is 147 Å². The first-order valence-electron chi connectivity index (χ1n) is 17.5. The van der Waals surface area contributed by atoms with E-state index in [0.29, 0.717) is 12.8 Å². The lowest BCUT2D eigenvalue weighted by molar-refractivity contribution is -0.161. The summed E-state index contributed by atoms with van der Waals surface area (Å²) in [4.78, 5) is 24.1. The highest BCUT2D eigenvalue weighted by atomic mass is 16.6. The van der Waals surface area contributed by atoms with Gasteiger partial charge in [0.1, 0.15) is 6.61 Å². The van der Waals surface area contributed by atoms with Gasteiger partial charge in [0.05, 0.1) is 6.61 Å². The molecule has 0 amide bonds. The van der Waals surface area contributed by atoms with Crippen LogP contribution in [0.3, 0.4) is 0 Å². The van der Waals surface area contributed by atoms with Gasteiger partial charge < -0.3 is 14.6 Å². The van der Waals surface area contributed by atoms with E-state index in [9.17, 15) is 14.7 Å². The Balaban J connectivity index is 3.60. The van der Waals surface area contributed by atoms with Crippen LogP contribution >= 0.6 is 0 Å². The molecule has 0 aliphatic rings. The third-order valence-corrected chi connectivity index (χ3v) is 7.45. The van der Waals surface area contributed by atoms with E-state index in [1.807, 2.05) is 0 Å². The molecule has 0 spiro atoms. The number of aliphatic hydroxyl groups excluding tert-OH is 1. The number of esters is 2. The molecule has 0 radical (unpaired) electrons. The van der Waals surface area contributed by atoms with E-state index in [4.69, 9.17) is 9.47 Å². The Kier molecular flexibility index (Phi) is 32.1. The van der Waals surface area contributed by atoms with E-state index in [1.54, 1.807) is 0 Å². The lowest BCUT2D eigenvalue weighted by Gasteiger charge is -2.15. The summed E-state index contributed by atoms with van der Waals surface area (Å²) < 4.78 is 10.6.